The summed E-state index contributed by atoms with van der Waals surface area (Å²) in [5.74, 6) is -0.422. The molecular formula is C23H18N2O4. The molecule has 0 fully saturated rings. The van der Waals surface area contributed by atoms with Gasteiger partial charge in [-0.25, -0.2) is 4.98 Å². The molecule has 4 rings (SSSR count). The average Bonchev–Trinajstić information content (AvgIpc) is 2.75. The highest BCUT2D eigenvalue weighted by molar-refractivity contribution is 5.99. The lowest BCUT2D eigenvalue weighted by Gasteiger charge is -2.15. The quantitative estimate of drug-likeness (QED) is 0.530. The second-order valence-electron chi connectivity index (χ2n) is 6.60. The number of aromatic nitrogens is 2. The summed E-state index contributed by atoms with van der Waals surface area (Å²) in [6, 6.07) is 19.8. The number of benzene rings is 2. The van der Waals surface area contributed by atoms with E-state index in [9.17, 15) is 14.7 Å². The Kier molecular flexibility index (Phi) is 4.83. The predicted molar refractivity (Wildman–Crippen MR) is 110 cm³/mol. The monoisotopic (exact) mass is 386 g/mol. The van der Waals surface area contributed by atoms with Crippen molar-refractivity contribution < 1.29 is 14.7 Å². The minimum atomic E-state index is -0.528. The van der Waals surface area contributed by atoms with E-state index in [0.29, 0.717) is 11.1 Å². The van der Waals surface area contributed by atoms with Crippen LogP contribution >= 0.6 is 0 Å². The normalized spacial score (nSPS) is 10.8. The number of carbonyl (C=O) groups excluding carboxylic acids is 1. The van der Waals surface area contributed by atoms with E-state index < -0.39 is 5.56 Å². The van der Waals surface area contributed by atoms with Gasteiger partial charge in [-0.3, -0.25) is 9.59 Å². The van der Waals surface area contributed by atoms with E-state index in [4.69, 9.17) is 4.84 Å². The third kappa shape index (κ3) is 3.48. The molecule has 0 radical (unpaired) electrons. The van der Waals surface area contributed by atoms with Gasteiger partial charge in [-0.15, -0.1) is 4.73 Å². The summed E-state index contributed by atoms with van der Waals surface area (Å²) in [7, 11) is 0. The zero-order chi connectivity index (χ0) is 20.4. The lowest BCUT2D eigenvalue weighted by atomic mass is 10.0. The molecule has 0 bridgehead atoms. The second-order valence-corrected chi connectivity index (χ2v) is 6.60. The molecule has 0 unspecified atom stereocenters. The van der Waals surface area contributed by atoms with Gasteiger partial charge < -0.3 is 9.94 Å². The Bertz CT molecular complexity index is 1250. The van der Waals surface area contributed by atoms with Gasteiger partial charge in [0.05, 0.1) is 10.9 Å². The van der Waals surface area contributed by atoms with E-state index in [0.717, 1.165) is 10.3 Å². The first-order valence-corrected chi connectivity index (χ1v) is 9.07. The fourth-order valence-electron chi connectivity index (χ4n) is 3.12. The van der Waals surface area contributed by atoms with Gasteiger partial charge in [-0.05, 0) is 24.1 Å². The number of rotatable bonds is 5. The van der Waals surface area contributed by atoms with E-state index in [1.165, 1.54) is 19.2 Å². The standard InChI is InChI=1S/C23H18N2O4/c1-15(26)18-12-19-21(27)20(17-10-6-3-7-11-17)23(28)25(22(19)24-13-18)29-14-16-8-4-2-5-9-16/h2-13,27H,14H2,1H3. The zero-order valence-electron chi connectivity index (χ0n) is 15.7. The van der Waals surface area contributed by atoms with Crippen molar-refractivity contribution in [3.8, 4) is 16.9 Å². The second kappa shape index (κ2) is 7.59. The smallest absolute Gasteiger partial charge is 0.296 e. The molecule has 0 aliphatic rings. The summed E-state index contributed by atoms with van der Waals surface area (Å²) < 4.78 is 1.08. The number of pyridine rings is 2. The van der Waals surface area contributed by atoms with Crippen LogP contribution in [0, 0.1) is 0 Å². The Labute approximate surface area is 166 Å². The molecule has 2 aromatic heterocycles. The first kappa shape index (κ1) is 18.4. The summed E-state index contributed by atoms with van der Waals surface area (Å²) in [4.78, 5) is 35.0. The van der Waals surface area contributed by atoms with E-state index in [1.807, 2.05) is 36.4 Å². The molecule has 6 heteroatoms. The molecule has 2 aromatic carbocycles. The maximum absolute atomic E-state index is 13.2. The van der Waals surface area contributed by atoms with Gasteiger partial charge in [0, 0.05) is 11.8 Å². The molecule has 4 aromatic rings. The van der Waals surface area contributed by atoms with Crippen LogP contribution in [0.3, 0.4) is 0 Å². The van der Waals surface area contributed by atoms with E-state index in [2.05, 4.69) is 4.98 Å². The van der Waals surface area contributed by atoms with Crippen molar-refractivity contribution in [3.63, 3.8) is 0 Å². The maximum atomic E-state index is 13.2. The number of carbonyl (C=O) groups is 1. The first-order valence-electron chi connectivity index (χ1n) is 9.07. The zero-order valence-corrected chi connectivity index (χ0v) is 15.7. The van der Waals surface area contributed by atoms with Gasteiger partial charge in [-0.1, -0.05) is 60.7 Å². The lowest BCUT2D eigenvalue weighted by Crippen LogP contribution is -2.29. The number of hydrogen-bond acceptors (Lipinski definition) is 5. The van der Waals surface area contributed by atoms with Crippen LogP contribution in [0.15, 0.2) is 77.7 Å². The Balaban J connectivity index is 1.95. The SMILES string of the molecule is CC(=O)c1cnc2c(c1)c(O)c(-c1ccccc1)c(=O)n2OCc1ccccc1. The van der Waals surface area contributed by atoms with Crippen molar-refractivity contribution in [2.45, 2.75) is 13.5 Å². The Morgan fingerprint density at radius 2 is 1.72 bits per heavy atom. The largest absolute Gasteiger partial charge is 0.506 e. The molecule has 0 saturated carbocycles. The van der Waals surface area contributed by atoms with Crippen LogP contribution < -0.4 is 10.4 Å². The highest BCUT2D eigenvalue weighted by Gasteiger charge is 2.20. The summed E-state index contributed by atoms with van der Waals surface area (Å²) in [6.07, 6.45) is 1.37. The van der Waals surface area contributed by atoms with Crippen LogP contribution in [0.5, 0.6) is 5.75 Å². The maximum Gasteiger partial charge on any atom is 0.296 e. The average molecular weight is 386 g/mol. The minimum absolute atomic E-state index is 0.0914. The summed E-state index contributed by atoms with van der Waals surface area (Å²) in [5, 5.41) is 11.1. The topological polar surface area (TPSA) is 81.4 Å². The van der Waals surface area contributed by atoms with Crippen LogP contribution in [0.2, 0.25) is 0 Å². The molecule has 2 heterocycles. The third-order valence-electron chi connectivity index (χ3n) is 4.62. The highest BCUT2D eigenvalue weighted by Crippen LogP contribution is 2.32. The van der Waals surface area contributed by atoms with Crippen LogP contribution in [0.1, 0.15) is 22.8 Å². The number of aromatic hydroxyl groups is 1. The minimum Gasteiger partial charge on any atom is -0.506 e. The number of Topliss-reactive ketones (excluding diaryl/α,β-unsaturated/α-hetero) is 1. The van der Waals surface area contributed by atoms with Gasteiger partial charge in [0.2, 0.25) is 0 Å². The van der Waals surface area contributed by atoms with Crippen LogP contribution in [0.25, 0.3) is 22.2 Å². The van der Waals surface area contributed by atoms with E-state index in [-0.39, 0.29) is 34.7 Å². The number of fused-ring (bicyclic) bond motifs is 1. The van der Waals surface area contributed by atoms with Crippen LogP contribution in [0.4, 0.5) is 0 Å². The molecule has 0 saturated heterocycles. The lowest BCUT2D eigenvalue weighted by molar-refractivity contribution is 0.0978. The molecule has 0 amide bonds. The molecule has 0 spiro atoms. The van der Waals surface area contributed by atoms with E-state index >= 15 is 0 Å². The number of hydrogen-bond donors (Lipinski definition) is 1. The van der Waals surface area contributed by atoms with Crippen LogP contribution in [-0.4, -0.2) is 20.6 Å². The van der Waals surface area contributed by atoms with Crippen molar-refractivity contribution in [2.75, 3.05) is 0 Å². The summed E-state index contributed by atoms with van der Waals surface area (Å²) in [6.45, 7) is 1.56. The highest BCUT2D eigenvalue weighted by atomic mass is 16.7. The molecule has 1 N–H and O–H groups in total. The van der Waals surface area contributed by atoms with Gasteiger partial charge in [0.15, 0.2) is 11.4 Å². The molecule has 29 heavy (non-hydrogen) atoms. The number of ketones is 1. The van der Waals surface area contributed by atoms with Gasteiger partial charge in [0.25, 0.3) is 5.56 Å². The molecule has 0 aliphatic carbocycles. The predicted octanol–water partition coefficient (Wildman–Crippen LogP) is 3.60. The van der Waals surface area contributed by atoms with Crippen molar-refractivity contribution >= 4 is 16.8 Å². The van der Waals surface area contributed by atoms with E-state index in [1.54, 1.807) is 24.3 Å². The molecular weight excluding hydrogens is 368 g/mol. The summed E-state index contributed by atoms with van der Waals surface area (Å²) in [5.41, 5.74) is 1.46. The Morgan fingerprint density at radius 1 is 1.07 bits per heavy atom. The summed E-state index contributed by atoms with van der Waals surface area (Å²) >= 11 is 0. The fraction of sp³-hybridized carbons (Fsp3) is 0.0870. The third-order valence-corrected chi connectivity index (χ3v) is 4.62. The molecule has 0 atom stereocenters. The van der Waals surface area contributed by atoms with Crippen molar-refractivity contribution in [2.24, 2.45) is 0 Å². The van der Waals surface area contributed by atoms with Crippen molar-refractivity contribution in [3.05, 3.63) is 94.4 Å². The van der Waals surface area contributed by atoms with Gasteiger partial charge >= 0.3 is 0 Å². The number of nitrogens with zero attached hydrogens (tertiary/aromatic N) is 2. The first-order chi connectivity index (χ1) is 14.1. The molecule has 6 nitrogen and oxygen atoms in total. The fourth-order valence-corrected chi connectivity index (χ4v) is 3.12. The Hall–Kier alpha value is -3.93. The van der Waals surface area contributed by atoms with Gasteiger partial charge in [-0.2, -0.15) is 0 Å². The molecule has 0 aliphatic heterocycles. The van der Waals surface area contributed by atoms with Crippen LogP contribution in [-0.2, 0) is 6.61 Å². The van der Waals surface area contributed by atoms with Crippen molar-refractivity contribution in [1.82, 2.24) is 9.71 Å². The van der Waals surface area contributed by atoms with Gasteiger partial charge in [0.1, 0.15) is 12.4 Å². The Morgan fingerprint density at radius 3 is 2.38 bits per heavy atom. The molecule has 144 valence electrons. The van der Waals surface area contributed by atoms with Crippen molar-refractivity contribution in [1.29, 1.82) is 0 Å².